The first-order valence-corrected chi connectivity index (χ1v) is 4.57. The van der Waals surface area contributed by atoms with E-state index in [2.05, 4.69) is 10.3 Å². The SMILES string of the molecule is Fc1ccccc1-n1nncc1CCl. The van der Waals surface area contributed by atoms with Gasteiger partial charge in [-0.05, 0) is 12.1 Å². The minimum Gasteiger partial charge on any atom is -0.213 e. The first-order chi connectivity index (χ1) is 6.83. The normalized spacial score (nSPS) is 10.4. The number of halogens is 2. The van der Waals surface area contributed by atoms with Gasteiger partial charge < -0.3 is 0 Å². The summed E-state index contributed by atoms with van der Waals surface area (Å²) < 4.78 is 14.7. The predicted molar refractivity (Wildman–Crippen MR) is 50.9 cm³/mol. The highest BCUT2D eigenvalue weighted by atomic mass is 35.5. The van der Waals surface area contributed by atoms with E-state index in [0.29, 0.717) is 11.4 Å². The molecular formula is C9H7ClFN3. The van der Waals surface area contributed by atoms with Crippen LogP contribution in [0.4, 0.5) is 4.39 Å². The molecular weight excluding hydrogens is 205 g/mol. The van der Waals surface area contributed by atoms with Crippen LogP contribution in [-0.2, 0) is 5.88 Å². The van der Waals surface area contributed by atoms with Gasteiger partial charge in [0.25, 0.3) is 0 Å². The summed E-state index contributed by atoms with van der Waals surface area (Å²) in [5.41, 5.74) is 1.03. The molecule has 72 valence electrons. The minimum absolute atomic E-state index is 0.251. The summed E-state index contributed by atoms with van der Waals surface area (Å²) in [6.45, 7) is 0. The first kappa shape index (κ1) is 9.15. The predicted octanol–water partition coefficient (Wildman–Crippen LogP) is 2.15. The highest BCUT2D eigenvalue weighted by Gasteiger charge is 2.08. The van der Waals surface area contributed by atoms with Gasteiger partial charge in [-0.2, -0.15) is 0 Å². The molecule has 2 rings (SSSR count). The molecule has 0 aliphatic rings. The molecule has 1 heterocycles. The zero-order chi connectivity index (χ0) is 9.97. The second kappa shape index (κ2) is 3.75. The molecule has 0 bridgehead atoms. The maximum absolute atomic E-state index is 13.3. The molecule has 0 spiro atoms. The van der Waals surface area contributed by atoms with Crippen molar-refractivity contribution in [1.29, 1.82) is 0 Å². The van der Waals surface area contributed by atoms with E-state index < -0.39 is 0 Å². The van der Waals surface area contributed by atoms with Gasteiger partial charge in [-0.15, -0.1) is 16.7 Å². The van der Waals surface area contributed by atoms with Crippen molar-refractivity contribution in [2.45, 2.75) is 5.88 Å². The standard InChI is InChI=1S/C9H7ClFN3/c10-5-7-6-12-13-14(7)9-4-2-1-3-8(9)11/h1-4,6H,5H2. The van der Waals surface area contributed by atoms with E-state index in [1.807, 2.05) is 0 Å². The van der Waals surface area contributed by atoms with Gasteiger partial charge in [0.2, 0.25) is 0 Å². The van der Waals surface area contributed by atoms with Crippen LogP contribution in [0, 0.1) is 5.82 Å². The van der Waals surface area contributed by atoms with Crippen molar-refractivity contribution in [1.82, 2.24) is 15.0 Å². The topological polar surface area (TPSA) is 30.7 Å². The van der Waals surface area contributed by atoms with Crippen molar-refractivity contribution in [2.75, 3.05) is 0 Å². The maximum atomic E-state index is 13.3. The largest absolute Gasteiger partial charge is 0.213 e. The fraction of sp³-hybridized carbons (Fsp3) is 0.111. The average Bonchev–Trinajstić information content (AvgIpc) is 2.66. The fourth-order valence-corrected chi connectivity index (χ4v) is 1.36. The third-order valence-corrected chi connectivity index (χ3v) is 2.11. The van der Waals surface area contributed by atoms with Crippen molar-refractivity contribution in [2.24, 2.45) is 0 Å². The van der Waals surface area contributed by atoms with Crippen LogP contribution in [0.2, 0.25) is 0 Å². The zero-order valence-electron chi connectivity index (χ0n) is 7.19. The first-order valence-electron chi connectivity index (χ1n) is 4.03. The van der Waals surface area contributed by atoms with Crippen molar-refractivity contribution >= 4 is 11.6 Å². The molecule has 0 N–H and O–H groups in total. The number of benzene rings is 1. The van der Waals surface area contributed by atoms with Gasteiger partial charge >= 0.3 is 0 Å². The quantitative estimate of drug-likeness (QED) is 0.713. The third kappa shape index (κ3) is 1.48. The van der Waals surface area contributed by atoms with Gasteiger partial charge in [0.05, 0.1) is 17.8 Å². The Morgan fingerprint density at radius 2 is 2.14 bits per heavy atom. The number of rotatable bonds is 2. The summed E-state index contributed by atoms with van der Waals surface area (Å²) >= 11 is 5.65. The number of alkyl halides is 1. The third-order valence-electron chi connectivity index (χ3n) is 1.84. The molecule has 2 aromatic rings. The van der Waals surface area contributed by atoms with Gasteiger partial charge in [-0.1, -0.05) is 17.3 Å². The molecule has 0 aliphatic heterocycles. The van der Waals surface area contributed by atoms with Gasteiger partial charge in [0, 0.05) is 0 Å². The number of hydrogen-bond donors (Lipinski definition) is 0. The molecule has 0 aliphatic carbocycles. The Kier molecular flexibility index (Phi) is 2.45. The van der Waals surface area contributed by atoms with E-state index in [0.717, 1.165) is 0 Å². The molecule has 0 saturated heterocycles. The Labute approximate surface area is 85.1 Å². The lowest BCUT2D eigenvalue weighted by Crippen LogP contribution is -2.03. The van der Waals surface area contributed by atoms with Gasteiger partial charge in [0.1, 0.15) is 11.5 Å². The number of aromatic nitrogens is 3. The van der Waals surface area contributed by atoms with Gasteiger partial charge in [-0.25, -0.2) is 9.07 Å². The number of hydrogen-bond acceptors (Lipinski definition) is 2. The van der Waals surface area contributed by atoms with Gasteiger partial charge in [-0.3, -0.25) is 0 Å². The average molecular weight is 212 g/mol. The molecule has 3 nitrogen and oxygen atoms in total. The van der Waals surface area contributed by atoms with Gasteiger partial charge in [0.15, 0.2) is 0 Å². The van der Waals surface area contributed by atoms with Crippen molar-refractivity contribution in [3.8, 4) is 5.69 Å². The van der Waals surface area contributed by atoms with Crippen LogP contribution in [0.3, 0.4) is 0 Å². The van der Waals surface area contributed by atoms with Crippen LogP contribution < -0.4 is 0 Å². The van der Waals surface area contributed by atoms with Crippen molar-refractivity contribution in [3.63, 3.8) is 0 Å². The lowest BCUT2D eigenvalue weighted by molar-refractivity contribution is 0.604. The monoisotopic (exact) mass is 211 g/mol. The van der Waals surface area contributed by atoms with E-state index in [1.165, 1.54) is 16.9 Å². The Balaban J connectivity index is 2.54. The van der Waals surface area contributed by atoms with E-state index in [-0.39, 0.29) is 11.7 Å². The molecule has 1 aromatic carbocycles. The summed E-state index contributed by atoms with van der Waals surface area (Å²) in [7, 11) is 0. The van der Waals surface area contributed by atoms with Crippen LogP contribution in [-0.4, -0.2) is 15.0 Å². The molecule has 0 radical (unpaired) electrons. The number of nitrogens with zero attached hydrogens (tertiary/aromatic N) is 3. The lowest BCUT2D eigenvalue weighted by atomic mass is 10.3. The van der Waals surface area contributed by atoms with Crippen LogP contribution in [0.25, 0.3) is 5.69 Å². The molecule has 5 heteroatoms. The summed E-state index contributed by atoms with van der Waals surface area (Å²) in [6.07, 6.45) is 1.51. The fourth-order valence-electron chi connectivity index (χ4n) is 1.17. The highest BCUT2D eigenvalue weighted by molar-refractivity contribution is 6.16. The Morgan fingerprint density at radius 3 is 2.86 bits per heavy atom. The zero-order valence-corrected chi connectivity index (χ0v) is 7.95. The summed E-state index contributed by atoms with van der Waals surface area (Å²) in [6, 6.07) is 6.35. The number of para-hydroxylation sites is 1. The molecule has 0 atom stereocenters. The van der Waals surface area contributed by atoms with E-state index >= 15 is 0 Å². The van der Waals surface area contributed by atoms with Crippen LogP contribution in [0.5, 0.6) is 0 Å². The summed E-state index contributed by atoms with van der Waals surface area (Å²) in [5, 5.41) is 7.43. The highest BCUT2D eigenvalue weighted by Crippen LogP contribution is 2.14. The second-order valence-electron chi connectivity index (χ2n) is 2.72. The molecule has 1 aromatic heterocycles. The smallest absolute Gasteiger partial charge is 0.148 e. The van der Waals surface area contributed by atoms with Crippen LogP contribution >= 0.6 is 11.6 Å². The molecule has 0 fully saturated rings. The van der Waals surface area contributed by atoms with E-state index in [4.69, 9.17) is 11.6 Å². The summed E-state index contributed by atoms with van der Waals surface area (Å²) in [5.74, 6) is -0.0919. The Morgan fingerprint density at radius 1 is 1.36 bits per heavy atom. The Bertz CT molecular complexity index is 441. The lowest BCUT2D eigenvalue weighted by Gasteiger charge is -2.03. The second-order valence-corrected chi connectivity index (χ2v) is 2.99. The minimum atomic E-state index is -0.343. The van der Waals surface area contributed by atoms with E-state index in [9.17, 15) is 4.39 Å². The molecule has 14 heavy (non-hydrogen) atoms. The van der Waals surface area contributed by atoms with Crippen LogP contribution in [0.15, 0.2) is 30.5 Å². The van der Waals surface area contributed by atoms with Crippen molar-refractivity contribution in [3.05, 3.63) is 42.0 Å². The summed E-state index contributed by atoms with van der Waals surface area (Å²) in [4.78, 5) is 0. The van der Waals surface area contributed by atoms with E-state index in [1.54, 1.807) is 18.2 Å². The molecule has 0 unspecified atom stereocenters. The molecule has 0 amide bonds. The van der Waals surface area contributed by atoms with Crippen molar-refractivity contribution < 1.29 is 4.39 Å². The molecule has 0 saturated carbocycles. The maximum Gasteiger partial charge on any atom is 0.148 e. The van der Waals surface area contributed by atoms with Crippen LogP contribution in [0.1, 0.15) is 5.69 Å². The Hall–Kier alpha value is -1.42.